The summed E-state index contributed by atoms with van der Waals surface area (Å²) in [6.07, 6.45) is 1.82. The van der Waals surface area contributed by atoms with E-state index in [1.807, 2.05) is 13.8 Å². The van der Waals surface area contributed by atoms with E-state index >= 15 is 0 Å². The second kappa shape index (κ2) is 6.91. The van der Waals surface area contributed by atoms with Crippen LogP contribution < -0.4 is 5.32 Å². The fourth-order valence-electron chi connectivity index (χ4n) is 1.84. The van der Waals surface area contributed by atoms with Gasteiger partial charge in [0.2, 0.25) is 0 Å². The molecule has 0 aromatic heterocycles. The number of hydrogen-bond acceptors (Lipinski definition) is 3. The van der Waals surface area contributed by atoms with Crippen molar-refractivity contribution >= 4 is 41.6 Å². The molecule has 1 unspecified atom stereocenters. The van der Waals surface area contributed by atoms with Gasteiger partial charge < -0.3 is 5.32 Å². The Morgan fingerprint density at radius 2 is 2.05 bits per heavy atom. The number of benzene rings is 1. The summed E-state index contributed by atoms with van der Waals surface area (Å²) < 4.78 is 23.4. The molecule has 0 saturated heterocycles. The summed E-state index contributed by atoms with van der Waals surface area (Å²) >= 11 is 3.25. The Labute approximate surface area is 132 Å². The van der Waals surface area contributed by atoms with E-state index in [2.05, 4.69) is 21.2 Å². The van der Waals surface area contributed by atoms with Crippen molar-refractivity contribution in [2.45, 2.75) is 44.6 Å². The normalized spacial score (nSPS) is 13.1. The molecule has 0 aliphatic rings. The summed E-state index contributed by atoms with van der Waals surface area (Å²) in [4.78, 5) is 12.1. The quantitative estimate of drug-likeness (QED) is 0.791. The van der Waals surface area contributed by atoms with Crippen molar-refractivity contribution in [3.8, 4) is 0 Å². The van der Waals surface area contributed by atoms with Crippen LogP contribution in [0.15, 0.2) is 21.5 Å². The van der Waals surface area contributed by atoms with E-state index in [1.165, 1.54) is 12.1 Å². The molecule has 1 rings (SSSR count). The smallest absolute Gasteiger partial charge is 0.261 e. The van der Waals surface area contributed by atoms with Crippen molar-refractivity contribution in [2.24, 2.45) is 0 Å². The average molecular weight is 383 g/mol. The Morgan fingerprint density at radius 3 is 2.55 bits per heavy atom. The van der Waals surface area contributed by atoms with Crippen LogP contribution in [0.25, 0.3) is 0 Å². The molecule has 0 heterocycles. The zero-order chi connectivity index (χ0) is 15.5. The molecule has 7 heteroatoms. The van der Waals surface area contributed by atoms with Crippen molar-refractivity contribution in [1.29, 1.82) is 0 Å². The molecule has 4 nitrogen and oxygen atoms in total. The van der Waals surface area contributed by atoms with Gasteiger partial charge in [0.15, 0.2) is 0 Å². The van der Waals surface area contributed by atoms with Crippen LogP contribution in [-0.4, -0.2) is 20.4 Å². The highest BCUT2D eigenvalue weighted by Gasteiger charge is 2.19. The Kier molecular flexibility index (Phi) is 6.04. The molecule has 0 saturated carbocycles. The van der Waals surface area contributed by atoms with E-state index in [0.717, 1.165) is 12.8 Å². The second-order valence-corrected chi connectivity index (χ2v) is 8.10. The van der Waals surface area contributed by atoms with E-state index in [1.54, 1.807) is 6.92 Å². The predicted octanol–water partition coefficient (Wildman–Crippen LogP) is 3.60. The summed E-state index contributed by atoms with van der Waals surface area (Å²) in [6, 6.07) is 2.72. The maximum atomic E-state index is 12.2. The van der Waals surface area contributed by atoms with E-state index in [-0.39, 0.29) is 16.8 Å². The van der Waals surface area contributed by atoms with Gasteiger partial charge in [-0.05, 0) is 38.0 Å². The van der Waals surface area contributed by atoms with Crippen LogP contribution in [0, 0.1) is 6.92 Å². The van der Waals surface area contributed by atoms with Gasteiger partial charge in [-0.2, -0.15) is 0 Å². The minimum absolute atomic E-state index is 0.0296. The summed E-state index contributed by atoms with van der Waals surface area (Å²) in [6.45, 7) is 5.69. The van der Waals surface area contributed by atoms with Gasteiger partial charge in [0.05, 0.1) is 4.90 Å². The lowest BCUT2D eigenvalue weighted by Crippen LogP contribution is -2.33. The zero-order valence-electron chi connectivity index (χ0n) is 11.5. The van der Waals surface area contributed by atoms with E-state index in [0.29, 0.717) is 15.6 Å². The van der Waals surface area contributed by atoms with Crippen LogP contribution in [0.5, 0.6) is 0 Å². The Bertz CT molecular complexity index is 616. The molecule has 0 spiro atoms. The monoisotopic (exact) mass is 381 g/mol. The molecule has 0 fully saturated rings. The molecule has 0 bridgehead atoms. The van der Waals surface area contributed by atoms with Crippen molar-refractivity contribution < 1.29 is 13.2 Å². The zero-order valence-corrected chi connectivity index (χ0v) is 14.7. The number of rotatable bonds is 5. The minimum Gasteiger partial charge on any atom is -0.350 e. The molecule has 112 valence electrons. The van der Waals surface area contributed by atoms with Crippen LogP contribution >= 0.6 is 26.6 Å². The molecule has 1 atom stereocenters. The SMILES string of the molecule is CCCC(C)NC(=O)c1cc(S(=O)(=O)Cl)cc(Br)c1C. The van der Waals surface area contributed by atoms with Crippen LogP contribution in [0.3, 0.4) is 0 Å². The van der Waals surface area contributed by atoms with Gasteiger partial charge >= 0.3 is 0 Å². The number of amides is 1. The predicted molar refractivity (Wildman–Crippen MR) is 83.8 cm³/mol. The van der Waals surface area contributed by atoms with Gasteiger partial charge in [-0.15, -0.1) is 0 Å². The molecule has 1 aromatic rings. The van der Waals surface area contributed by atoms with Crippen LogP contribution in [-0.2, 0) is 9.05 Å². The summed E-state index contributed by atoms with van der Waals surface area (Å²) in [5, 5.41) is 2.85. The maximum absolute atomic E-state index is 12.2. The molecule has 0 aliphatic carbocycles. The van der Waals surface area contributed by atoms with Crippen molar-refractivity contribution in [1.82, 2.24) is 5.32 Å². The Balaban J connectivity index is 3.17. The van der Waals surface area contributed by atoms with Gasteiger partial charge in [0.1, 0.15) is 0 Å². The Morgan fingerprint density at radius 1 is 1.45 bits per heavy atom. The van der Waals surface area contributed by atoms with Gasteiger partial charge in [-0.25, -0.2) is 8.42 Å². The van der Waals surface area contributed by atoms with E-state index in [4.69, 9.17) is 10.7 Å². The van der Waals surface area contributed by atoms with E-state index < -0.39 is 9.05 Å². The molecule has 20 heavy (non-hydrogen) atoms. The first-order chi connectivity index (χ1) is 9.16. The molecule has 0 radical (unpaired) electrons. The highest BCUT2D eigenvalue weighted by molar-refractivity contribution is 9.10. The molecular weight excluding hydrogens is 366 g/mol. The standard InChI is InChI=1S/C13H17BrClNO3S/c1-4-5-8(2)16-13(17)11-6-10(20(15,18)19)7-12(14)9(11)3/h6-8H,4-5H2,1-3H3,(H,16,17). The largest absolute Gasteiger partial charge is 0.350 e. The topological polar surface area (TPSA) is 63.2 Å². The maximum Gasteiger partial charge on any atom is 0.261 e. The van der Waals surface area contributed by atoms with Gasteiger partial charge in [0, 0.05) is 26.8 Å². The third-order valence-electron chi connectivity index (χ3n) is 2.94. The first-order valence-electron chi connectivity index (χ1n) is 6.22. The lowest BCUT2D eigenvalue weighted by atomic mass is 10.1. The number of nitrogens with one attached hydrogen (secondary N) is 1. The van der Waals surface area contributed by atoms with Crippen LogP contribution in [0.2, 0.25) is 0 Å². The molecule has 0 aliphatic heterocycles. The number of hydrogen-bond donors (Lipinski definition) is 1. The highest BCUT2D eigenvalue weighted by atomic mass is 79.9. The average Bonchev–Trinajstić information content (AvgIpc) is 2.31. The third kappa shape index (κ3) is 4.46. The highest BCUT2D eigenvalue weighted by Crippen LogP contribution is 2.26. The minimum atomic E-state index is -3.87. The third-order valence-corrected chi connectivity index (χ3v) is 5.10. The van der Waals surface area contributed by atoms with Crippen LogP contribution in [0.1, 0.15) is 42.6 Å². The first-order valence-corrected chi connectivity index (χ1v) is 9.32. The van der Waals surface area contributed by atoms with Crippen molar-refractivity contribution in [2.75, 3.05) is 0 Å². The molecule has 1 N–H and O–H groups in total. The van der Waals surface area contributed by atoms with Gasteiger partial charge in [-0.1, -0.05) is 29.3 Å². The molecular formula is C13H17BrClNO3S. The number of carbonyl (C=O) groups excluding carboxylic acids is 1. The van der Waals surface area contributed by atoms with Crippen molar-refractivity contribution in [3.63, 3.8) is 0 Å². The lowest BCUT2D eigenvalue weighted by Gasteiger charge is -2.15. The van der Waals surface area contributed by atoms with Gasteiger partial charge in [-0.3, -0.25) is 4.79 Å². The lowest BCUT2D eigenvalue weighted by molar-refractivity contribution is 0.0937. The number of carbonyl (C=O) groups is 1. The number of halogens is 2. The second-order valence-electron chi connectivity index (χ2n) is 4.68. The molecule has 1 aromatic carbocycles. The Hall–Kier alpha value is -0.590. The fourth-order valence-corrected chi connectivity index (χ4v) is 3.23. The first kappa shape index (κ1) is 17.5. The van der Waals surface area contributed by atoms with E-state index in [9.17, 15) is 13.2 Å². The fraction of sp³-hybridized carbons (Fsp3) is 0.462. The van der Waals surface area contributed by atoms with Crippen molar-refractivity contribution in [3.05, 3.63) is 27.7 Å². The van der Waals surface area contributed by atoms with Gasteiger partial charge in [0.25, 0.3) is 15.0 Å². The summed E-state index contributed by atoms with van der Waals surface area (Å²) in [5.41, 5.74) is 0.983. The summed E-state index contributed by atoms with van der Waals surface area (Å²) in [5.74, 6) is -0.300. The van der Waals surface area contributed by atoms with Crippen LogP contribution in [0.4, 0.5) is 0 Å². The summed E-state index contributed by atoms with van der Waals surface area (Å²) in [7, 11) is 1.46. The molecule has 1 amide bonds.